The SMILES string of the molecule is CCN(CC)c1ccc(N=Nc2ccc(N=Nc3ccncc3)cc2)cc1. The Balaban J connectivity index is 1.63. The number of benzene rings is 2. The fourth-order valence-electron chi connectivity index (χ4n) is 2.55. The molecule has 0 saturated carbocycles. The lowest BCUT2D eigenvalue weighted by Crippen LogP contribution is -2.21. The third-order valence-corrected chi connectivity index (χ3v) is 4.05. The molecule has 0 unspecified atom stereocenters. The summed E-state index contributed by atoms with van der Waals surface area (Å²) >= 11 is 0. The molecule has 0 aliphatic carbocycles. The van der Waals surface area contributed by atoms with Crippen LogP contribution in [-0.2, 0) is 0 Å². The molecule has 0 amide bonds. The number of anilines is 1. The van der Waals surface area contributed by atoms with Gasteiger partial charge in [0.2, 0.25) is 0 Å². The Hall–Kier alpha value is -3.41. The maximum Gasteiger partial charge on any atom is 0.0887 e. The third kappa shape index (κ3) is 5.28. The van der Waals surface area contributed by atoms with Crippen LogP contribution in [0.25, 0.3) is 0 Å². The summed E-state index contributed by atoms with van der Waals surface area (Å²) in [5.74, 6) is 0. The molecule has 0 atom stereocenters. The zero-order valence-corrected chi connectivity index (χ0v) is 15.5. The van der Waals surface area contributed by atoms with Gasteiger partial charge in [0, 0.05) is 31.2 Å². The quantitative estimate of drug-likeness (QED) is 0.438. The highest BCUT2D eigenvalue weighted by molar-refractivity contribution is 5.53. The van der Waals surface area contributed by atoms with Crippen LogP contribution < -0.4 is 4.90 Å². The molecule has 1 aromatic heterocycles. The van der Waals surface area contributed by atoms with E-state index in [1.165, 1.54) is 5.69 Å². The van der Waals surface area contributed by atoms with Crippen LogP contribution in [0.15, 0.2) is 93.5 Å². The van der Waals surface area contributed by atoms with Gasteiger partial charge in [-0.3, -0.25) is 4.98 Å². The molecule has 0 radical (unpaired) electrons. The lowest BCUT2D eigenvalue weighted by molar-refractivity contribution is 0.866. The van der Waals surface area contributed by atoms with Gasteiger partial charge >= 0.3 is 0 Å². The van der Waals surface area contributed by atoms with E-state index in [1.54, 1.807) is 24.5 Å². The van der Waals surface area contributed by atoms with Gasteiger partial charge in [-0.25, -0.2) is 0 Å². The number of aromatic nitrogens is 1. The summed E-state index contributed by atoms with van der Waals surface area (Å²) in [7, 11) is 0. The molecule has 6 nitrogen and oxygen atoms in total. The van der Waals surface area contributed by atoms with Crippen molar-refractivity contribution in [1.82, 2.24) is 4.98 Å². The average molecular weight is 358 g/mol. The zero-order chi connectivity index (χ0) is 18.9. The van der Waals surface area contributed by atoms with Gasteiger partial charge in [-0.05, 0) is 74.5 Å². The van der Waals surface area contributed by atoms with E-state index in [4.69, 9.17) is 0 Å². The van der Waals surface area contributed by atoms with Gasteiger partial charge in [0.1, 0.15) is 0 Å². The zero-order valence-electron chi connectivity index (χ0n) is 15.5. The minimum atomic E-state index is 0.759. The average Bonchev–Trinajstić information content (AvgIpc) is 2.74. The predicted octanol–water partition coefficient (Wildman–Crippen LogP) is 6.76. The molecule has 0 bridgehead atoms. The van der Waals surface area contributed by atoms with Gasteiger partial charge in [-0.15, -0.1) is 0 Å². The molecule has 3 rings (SSSR count). The van der Waals surface area contributed by atoms with Crippen molar-refractivity contribution < 1.29 is 0 Å². The van der Waals surface area contributed by atoms with Crippen LogP contribution in [0.4, 0.5) is 28.4 Å². The number of hydrogen-bond donors (Lipinski definition) is 0. The van der Waals surface area contributed by atoms with Crippen molar-refractivity contribution in [2.45, 2.75) is 13.8 Å². The van der Waals surface area contributed by atoms with E-state index in [-0.39, 0.29) is 0 Å². The van der Waals surface area contributed by atoms with E-state index < -0.39 is 0 Å². The molecule has 3 aromatic rings. The summed E-state index contributed by atoms with van der Waals surface area (Å²) in [5, 5.41) is 16.9. The first-order chi connectivity index (χ1) is 13.3. The van der Waals surface area contributed by atoms with Gasteiger partial charge < -0.3 is 4.90 Å². The highest BCUT2D eigenvalue weighted by Gasteiger charge is 2.01. The molecule has 2 aromatic carbocycles. The van der Waals surface area contributed by atoms with Gasteiger partial charge in [0.15, 0.2) is 0 Å². The standard InChI is InChI=1S/C21H22N6/c1-3-27(4-2)21-11-9-19(10-12-21)25-23-17-5-7-18(8-6-17)24-26-20-13-15-22-16-14-20/h5-16H,3-4H2,1-2H3. The van der Waals surface area contributed by atoms with Gasteiger partial charge in [-0.2, -0.15) is 20.5 Å². The normalized spacial score (nSPS) is 11.3. The Morgan fingerprint density at radius 1 is 0.593 bits per heavy atom. The molecule has 0 N–H and O–H groups in total. The second-order valence-electron chi connectivity index (χ2n) is 5.81. The highest BCUT2D eigenvalue weighted by atomic mass is 15.1. The Morgan fingerprint density at radius 3 is 1.37 bits per heavy atom. The van der Waals surface area contributed by atoms with Gasteiger partial charge in [-0.1, -0.05) is 0 Å². The molecular formula is C21H22N6. The van der Waals surface area contributed by atoms with Crippen LogP contribution in [-0.4, -0.2) is 18.1 Å². The minimum absolute atomic E-state index is 0.759. The summed E-state index contributed by atoms with van der Waals surface area (Å²) in [4.78, 5) is 6.24. The van der Waals surface area contributed by atoms with Crippen LogP contribution in [0, 0.1) is 0 Å². The molecule has 27 heavy (non-hydrogen) atoms. The van der Waals surface area contributed by atoms with Crippen LogP contribution in [0.2, 0.25) is 0 Å². The van der Waals surface area contributed by atoms with Crippen molar-refractivity contribution in [2.24, 2.45) is 20.5 Å². The first kappa shape index (κ1) is 18.4. The van der Waals surface area contributed by atoms with E-state index in [9.17, 15) is 0 Å². The summed E-state index contributed by atoms with van der Waals surface area (Å²) < 4.78 is 0. The van der Waals surface area contributed by atoms with E-state index >= 15 is 0 Å². The van der Waals surface area contributed by atoms with Crippen molar-refractivity contribution >= 4 is 28.4 Å². The van der Waals surface area contributed by atoms with E-state index in [1.807, 2.05) is 36.4 Å². The Kier molecular flexibility index (Phi) is 6.35. The smallest absolute Gasteiger partial charge is 0.0887 e. The third-order valence-electron chi connectivity index (χ3n) is 4.05. The molecule has 0 saturated heterocycles. The molecule has 0 spiro atoms. The number of hydrogen-bond acceptors (Lipinski definition) is 6. The summed E-state index contributed by atoms with van der Waals surface area (Å²) in [6, 6.07) is 19.2. The highest BCUT2D eigenvalue weighted by Crippen LogP contribution is 2.24. The van der Waals surface area contributed by atoms with Crippen LogP contribution in [0.3, 0.4) is 0 Å². The lowest BCUT2D eigenvalue weighted by Gasteiger charge is -2.20. The lowest BCUT2D eigenvalue weighted by atomic mass is 10.2. The molecule has 136 valence electrons. The summed E-state index contributed by atoms with van der Waals surface area (Å²) in [6.45, 7) is 6.28. The Bertz CT molecular complexity index is 882. The number of azo groups is 2. The van der Waals surface area contributed by atoms with Crippen LogP contribution in [0.5, 0.6) is 0 Å². The van der Waals surface area contributed by atoms with E-state index in [0.29, 0.717) is 0 Å². The van der Waals surface area contributed by atoms with Crippen molar-refractivity contribution in [3.05, 3.63) is 73.1 Å². The fraction of sp³-hybridized carbons (Fsp3) is 0.190. The van der Waals surface area contributed by atoms with Crippen molar-refractivity contribution in [3.63, 3.8) is 0 Å². The Labute approximate surface area is 159 Å². The first-order valence-corrected chi connectivity index (χ1v) is 8.97. The molecule has 0 fully saturated rings. The van der Waals surface area contributed by atoms with Gasteiger partial charge in [0.05, 0.1) is 22.7 Å². The molecular weight excluding hydrogens is 336 g/mol. The number of pyridine rings is 1. The minimum Gasteiger partial charge on any atom is -0.372 e. The first-order valence-electron chi connectivity index (χ1n) is 8.97. The van der Waals surface area contributed by atoms with Crippen LogP contribution in [0.1, 0.15) is 13.8 Å². The predicted molar refractivity (Wildman–Crippen MR) is 109 cm³/mol. The number of nitrogens with zero attached hydrogens (tertiary/aromatic N) is 6. The summed E-state index contributed by atoms with van der Waals surface area (Å²) in [6.07, 6.45) is 3.37. The molecule has 1 heterocycles. The maximum absolute atomic E-state index is 4.30. The monoisotopic (exact) mass is 358 g/mol. The maximum atomic E-state index is 4.30. The molecule has 6 heteroatoms. The largest absolute Gasteiger partial charge is 0.372 e. The van der Waals surface area contributed by atoms with Crippen molar-refractivity contribution in [2.75, 3.05) is 18.0 Å². The Morgan fingerprint density at radius 2 is 0.963 bits per heavy atom. The second-order valence-corrected chi connectivity index (χ2v) is 5.81. The topological polar surface area (TPSA) is 65.6 Å². The molecule has 0 aliphatic heterocycles. The van der Waals surface area contributed by atoms with Crippen LogP contribution >= 0.6 is 0 Å². The van der Waals surface area contributed by atoms with Gasteiger partial charge in [0.25, 0.3) is 0 Å². The van der Waals surface area contributed by atoms with Crippen molar-refractivity contribution in [3.8, 4) is 0 Å². The summed E-state index contributed by atoms with van der Waals surface area (Å²) in [5.41, 5.74) is 4.32. The number of rotatable bonds is 7. The molecule has 0 aliphatic rings. The fourth-order valence-corrected chi connectivity index (χ4v) is 2.55. The second kappa shape index (κ2) is 9.33. The van der Waals surface area contributed by atoms with E-state index in [2.05, 4.69) is 56.3 Å². The van der Waals surface area contributed by atoms with Crippen molar-refractivity contribution in [1.29, 1.82) is 0 Å². The van der Waals surface area contributed by atoms with E-state index in [0.717, 1.165) is 35.8 Å².